The van der Waals surface area contributed by atoms with Gasteiger partial charge in [0.2, 0.25) is 0 Å². The SMILES string of the molecule is CN=C(NCC1(c2ccccc2)CCOCC1)NC1CCN(C2CCCC2)C1. The number of hydrogen-bond donors (Lipinski definition) is 2. The molecule has 2 heterocycles. The lowest BCUT2D eigenvalue weighted by Crippen LogP contribution is -2.50. The smallest absolute Gasteiger partial charge is 0.191 e. The van der Waals surface area contributed by atoms with Crippen molar-refractivity contribution in [1.29, 1.82) is 0 Å². The van der Waals surface area contributed by atoms with Crippen molar-refractivity contribution in [3.63, 3.8) is 0 Å². The molecule has 2 saturated heterocycles. The second-order valence-electron chi connectivity index (χ2n) is 8.75. The Labute approximate surface area is 169 Å². The van der Waals surface area contributed by atoms with Gasteiger partial charge >= 0.3 is 0 Å². The van der Waals surface area contributed by atoms with E-state index in [-0.39, 0.29) is 5.41 Å². The number of aliphatic imine (C=N–C) groups is 1. The van der Waals surface area contributed by atoms with Gasteiger partial charge in [-0.3, -0.25) is 9.89 Å². The third-order valence-corrected chi connectivity index (χ3v) is 7.06. The van der Waals surface area contributed by atoms with Gasteiger partial charge in [-0.15, -0.1) is 0 Å². The minimum absolute atomic E-state index is 0.128. The van der Waals surface area contributed by atoms with E-state index in [0.717, 1.165) is 51.1 Å². The first-order chi connectivity index (χ1) is 13.8. The first kappa shape index (κ1) is 19.7. The zero-order valence-electron chi connectivity index (χ0n) is 17.3. The van der Waals surface area contributed by atoms with Crippen LogP contribution in [0.2, 0.25) is 0 Å². The van der Waals surface area contributed by atoms with Gasteiger partial charge < -0.3 is 15.4 Å². The molecule has 3 fully saturated rings. The van der Waals surface area contributed by atoms with Crippen molar-refractivity contribution in [2.75, 3.05) is 39.9 Å². The lowest BCUT2D eigenvalue weighted by atomic mass is 9.74. The summed E-state index contributed by atoms with van der Waals surface area (Å²) in [6.07, 6.45) is 8.93. The van der Waals surface area contributed by atoms with Gasteiger partial charge in [-0.1, -0.05) is 43.2 Å². The molecular weight excluding hydrogens is 348 g/mol. The van der Waals surface area contributed by atoms with E-state index in [9.17, 15) is 0 Å². The Hall–Kier alpha value is -1.59. The minimum Gasteiger partial charge on any atom is -0.381 e. The molecular formula is C23H36N4O. The van der Waals surface area contributed by atoms with Crippen molar-refractivity contribution < 1.29 is 4.74 Å². The van der Waals surface area contributed by atoms with E-state index in [0.29, 0.717) is 6.04 Å². The van der Waals surface area contributed by atoms with Gasteiger partial charge in [0.15, 0.2) is 5.96 Å². The molecule has 0 radical (unpaired) electrons. The van der Waals surface area contributed by atoms with Gasteiger partial charge in [0.25, 0.3) is 0 Å². The highest BCUT2D eigenvalue weighted by Crippen LogP contribution is 2.34. The van der Waals surface area contributed by atoms with Crippen molar-refractivity contribution in [2.45, 2.75) is 62.4 Å². The molecule has 154 valence electrons. The Morgan fingerprint density at radius 1 is 1.14 bits per heavy atom. The maximum atomic E-state index is 5.67. The van der Waals surface area contributed by atoms with E-state index in [2.05, 4.69) is 50.9 Å². The van der Waals surface area contributed by atoms with Gasteiger partial charge in [0, 0.05) is 57.4 Å². The molecule has 5 nitrogen and oxygen atoms in total. The largest absolute Gasteiger partial charge is 0.381 e. The summed E-state index contributed by atoms with van der Waals surface area (Å²) in [5.41, 5.74) is 1.54. The molecule has 4 rings (SSSR count). The second-order valence-corrected chi connectivity index (χ2v) is 8.75. The summed E-state index contributed by atoms with van der Waals surface area (Å²) in [6.45, 7) is 4.95. The standard InChI is InChI=1S/C23H36N4O/c1-24-22(26-20-11-14-27(17-20)21-9-5-6-10-21)25-18-23(12-15-28-16-13-23)19-7-3-2-4-8-19/h2-4,7-8,20-21H,5-6,9-18H2,1H3,(H2,24,25,26). The Balaban J connectivity index is 1.34. The number of nitrogens with zero attached hydrogens (tertiary/aromatic N) is 2. The predicted octanol–water partition coefficient (Wildman–Crippen LogP) is 2.92. The predicted molar refractivity (Wildman–Crippen MR) is 115 cm³/mol. The first-order valence-corrected chi connectivity index (χ1v) is 11.1. The summed E-state index contributed by atoms with van der Waals surface area (Å²) in [5.74, 6) is 0.945. The third kappa shape index (κ3) is 4.52. The minimum atomic E-state index is 0.128. The molecule has 1 saturated carbocycles. The highest BCUT2D eigenvalue weighted by atomic mass is 16.5. The zero-order chi connectivity index (χ0) is 19.2. The fraction of sp³-hybridized carbons (Fsp3) is 0.696. The molecule has 0 spiro atoms. The lowest BCUT2D eigenvalue weighted by Gasteiger charge is -2.38. The Morgan fingerprint density at radius 3 is 2.61 bits per heavy atom. The molecule has 1 aromatic carbocycles. The maximum Gasteiger partial charge on any atom is 0.191 e. The van der Waals surface area contributed by atoms with E-state index >= 15 is 0 Å². The highest BCUT2D eigenvalue weighted by Gasteiger charge is 2.35. The summed E-state index contributed by atoms with van der Waals surface area (Å²) in [7, 11) is 1.89. The molecule has 1 aliphatic carbocycles. The van der Waals surface area contributed by atoms with Crippen LogP contribution in [0, 0.1) is 0 Å². The van der Waals surface area contributed by atoms with Crippen molar-refractivity contribution in [3.8, 4) is 0 Å². The summed E-state index contributed by atoms with van der Waals surface area (Å²) >= 11 is 0. The van der Waals surface area contributed by atoms with E-state index in [1.165, 1.54) is 44.2 Å². The van der Waals surface area contributed by atoms with Crippen LogP contribution in [0.25, 0.3) is 0 Å². The summed E-state index contributed by atoms with van der Waals surface area (Å²) in [6, 6.07) is 12.3. The topological polar surface area (TPSA) is 48.9 Å². The molecule has 0 bridgehead atoms. The van der Waals surface area contributed by atoms with E-state index in [1.807, 2.05) is 7.05 Å². The summed E-state index contributed by atoms with van der Waals surface area (Å²) in [4.78, 5) is 7.22. The fourth-order valence-electron chi connectivity index (χ4n) is 5.27. The normalized spacial score (nSPS) is 26.5. The number of rotatable bonds is 5. The van der Waals surface area contributed by atoms with Crippen LogP contribution >= 0.6 is 0 Å². The van der Waals surface area contributed by atoms with E-state index < -0.39 is 0 Å². The molecule has 1 unspecified atom stereocenters. The van der Waals surface area contributed by atoms with Crippen LogP contribution in [0.4, 0.5) is 0 Å². The molecule has 28 heavy (non-hydrogen) atoms. The Kier molecular flexibility index (Phi) is 6.53. The van der Waals surface area contributed by atoms with Gasteiger partial charge in [0.05, 0.1) is 0 Å². The van der Waals surface area contributed by atoms with Crippen LogP contribution in [0.3, 0.4) is 0 Å². The quantitative estimate of drug-likeness (QED) is 0.605. The number of ether oxygens (including phenoxy) is 1. The van der Waals surface area contributed by atoms with Crippen LogP contribution in [0.15, 0.2) is 35.3 Å². The maximum absolute atomic E-state index is 5.67. The number of likely N-dealkylation sites (tertiary alicyclic amines) is 1. The summed E-state index contributed by atoms with van der Waals surface area (Å²) in [5, 5.41) is 7.35. The lowest BCUT2D eigenvalue weighted by molar-refractivity contribution is 0.0513. The zero-order valence-corrected chi connectivity index (χ0v) is 17.3. The molecule has 2 aliphatic heterocycles. The Morgan fingerprint density at radius 2 is 1.89 bits per heavy atom. The van der Waals surface area contributed by atoms with Crippen LogP contribution in [-0.2, 0) is 10.2 Å². The van der Waals surface area contributed by atoms with Crippen LogP contribution in [0.1, 0.15) is 50.5 Å². The van der Waals surface area contributed by atoms with Crippen LogP contribution < -0.4 is 10.6 Å². The van der Waals surface area contributed by atoms with Crippen molar-refractivity contribution in [1.82, 2.24) is 15.5 Å². The molecule has 1 aromatic rings. The van der Waals surface area contributed by atoms with Crippen molar-refractivity contribution in [3.05, 3.63) is 35.9 Å². The van der Waals surface area contributed by atoms with E-state index in [4.69, 9.17) is 4.74 Å². The number of benzene rings is 1. The molecule has 3 aliphatic rings. The van der Waals surface area contributed by atoms with Gasteiger partial charge in [0.1, 0.15) is 0 Å². The Bertz CT molecular complexity index is 635. The van der Waals surface area contributed by atoms with Gasteiger partial charge in [-0.05, 0) is 37.7 Å². The van der Waals surface area contributed by atoms with Crippen molar-refractivity contribution >= 4 is 5.96 Å². The monoisotopic (exact) mass is 384 g/mol. The van der Waals surface area contributed by atoms with Crippen molar-refractivity contribution in [2.24, 2.45) is 4.99 Å². The molecule has 0 aromatic heterocycles. The van der Waals surface area contributed by atoms with Gasteiger partial charge in [-0.25, -0.2) is 0 Å². The number of nitrogens with one attached hydrogen (secondary N) is 2. The van der Waals surface area contributed by atoms with Crippen LogP contribution in [0.5, 0.6) is 0 Å². The molecule has 2 N–H and O–H groups in total. The first-order valence-electron chi connectivity index (χ1n) is 11.1. The second kappa shape index (κ2) is 9.27. The van der Waals surface area contributed by atoms with E-state index in [1.54, 1.807) is 0 Å². The number of guanidine groups is 1. The van der Waals surface area contributed by atoms with Gasteiger partial charge in [-0.2, -0.15) is 0 Å². The molecule has 1 atom stereocenters. The third-order valence-electron chi connectivity index (χ3n) is 7.06. The average molecular weight is 385 g/mol. The summed E-state index contributed by atoms with van der Waals surface area (Å²) < 4.78 is 5.67. The average Bonchev–Trinajstić information content (AvgIpc) is 3.44. The van der Waals surface area contributed by atoms with Crippen LogP contribution in [-0.4, -0.2) is 62.8 Å². The molecule has 5 heteroatoms. The molecule has 0 amide bonds. The number of hydrogen-bond acceptors (Lipinski definition) is 3. The fourth-order valence-corrected chi connectivity index (χ4v) is 5.27. The highest BCUT2D eigenvalue weighted by molar-refractivity contribution is 5.80.